The molecule has 0 spiro atoms. The quantitative estimate of drug-likeness (QED) is 0.878. The van der Waals surface area contributed by atoms with Crippen molar-refractivity contribution in [3.63, 3.8) is 0 Å². The highest BCUT2D eigenvalue weighted by molar-refractivity contribution is 7.91. The molecular formula is C16H22FN3O2S. The SMILES string of the molecule is CC(C(C)S(C)(=O)=O)N(C)Cc1cn[nH]c1-c1ccc(F)cc1. The first-order valence-corrected chi connectivity index (χ1v) is 9.33. The molecule has 23 heavy (non-hydrogen) atoms. The number of aromatic nitrogens is 2. The number of aromatic amines is 1. The molecule has 1 aromatic carbocycles. The number of sulfone groups is 1. The molecule has 7 heteroatoms. The second-order valence-corrected chi connectivity index (χ2v) is 8.37. The average Bonchev–Trinajstić information content (AvgIpc) is 2.93. The van der Waals surface area contributed by atoms with Crippen LogP contribution in [0.25, 0.3) is 11.3 Å². The van der Waals surface area contributed by atoms with E-state index in [1.807, 2.05) is 18.9 Å². The fraction of sp³-hybridized carbons (Fsp3) is 0.438. The van der Waals surface area contributed by atoms with Crippen LogP contribution in [0.4, 0.5) is 4.39 Å². The van der Waals surface area contributed by atoms with Gasteiger partial charge in [-0.15, -0.1) is 0 Å². The maximum absolute atomic E-state index is 13.1. The Balaban J connectivity index is 2.18. The summed E-state index contributed by atoms with van der Waals surface area (Å²) in [5.74, 6) is -0.289. The third-order valence-electron chi connectivity index (χ3n) is 4.32. The van der Waals surface area contributed by atoms with E-state index in [2.05, 4.69) is 10.2 Å². The molecule has 0 radical (unpaired) electrons. The number of benzene rings is 1. The Labute approximate surface area is 136 Å². The zero-order valence-corrected chi connectivity index (χ0v) is 14.6. The minimum absolute atomic E-state index is 0.138. The molecule has 2 atom stereocenters. The van der Waals surface area contributed by atoms with Gasteiger partial charge in [0.15, 0.2) is 9.84 Å². The summed E-state index contributed by atoms with van der Waals surface area (Å²) in [5.41, 5.74) is 2.60. The summed E-state index contributed by atoms with van der Waals surface area (Å²) in [4.78, 5) is 1.98. The summed E-state index contributed by atoms with van der Waals surface area (Å²) in [7, 11) is -1.22. The first-order valence-electron chi connectivity index (χ1n) is 7.37. The van der Waals surface area contributed by atoms with Crippen LogP contribution in [0, 0.1) is 5.82 Å². The van der Waals surface area contributed by atoms with Gasteiger partial charge in [-0.05, 0) is 45.2 Å². The molecule has 2 rings (SSSR count). The third-order valence-corrected chi connectivity index (χ3v) is 6.07. The number of nitrogens with zero attached hydrogens (tertiary/aromatic N) is 2. The average molecular weight is 339 g/mol. The zero-order valence-electron chi connectivity index (χ0n) is 13.7. The first kappa shape index (κ1) is 17.6. The van der Waals surface area contributed by atoms with E-state index in [4.69, 9.17) is 0 Å². The molecule has 126 valence electrons. The van der Waals surface area contributed by atoms with Gasteiger partial charge in [0.1, 0.15) is 5.82 Å². The molecule has 1 aromatic heterocycles. The third kappa shape index (κ3) is 4.17. The van der Waals surface area contributed by atoms with Crippen LogP contribution >= 0.6 is 0 Å². The molecule has 0 saturated heterocycles. The number of nitrogens with one attached hydrogen (secondary N) is 1. The van der Waals surface area contributed by atoms with Crippen LogP contribution in [0.15, 0.2) is 30.5 Å². The number of hydrogen-bond acceptors (Lipinski definition) is 4. The van der Waals surface area contributed by atoms with E-state index < -0.39 is 15.1 Å². The summed E-state index contributed by atoms with van der Waals surface area (Å²) in [5, 5.41) is 6.53. The van der Waals surface area contributed by atoms with Crippen LogP contribution in [0.3, 0.4) is 0 Å². The van der Waals surface area contributed by atoms with Crippen LogP contribution in [0.1, 0.15) is 19.4 Å². The molecule has 5 nitrogen and oxygen atoms in total. The van der Waals surface area contributed by atoms with Crippen molar-refractivity contribution in [2.45, 2.75) is 31.7 Å². The number of H-pyrrole nitrogens is 1. The highest BCUT2D eigenvalue weighted by Crippen LogP contribution is 2.23. The van der Waals surface area contributed by atoms with E-state index in [1.54, 1.807) is 25.3 Å². The summed E-state index contributed by atoms with van der Waals surface area (Å²) < 4.78 is 36.5. The highest BCUT2D eigenvalue weighted by Gasteiger charge is 2.26. The lowest BCUT2D eigenvalue weighted by atomic mass is 10.1. The van der Waals surface area contributed by atoms with Gasteiger partial charge < -0.3 is 0 Å². The molecule has 0 aliphatic heterocycles. The van der Waals surface area contributed by atoms with Crippen molar-refractivity contribution in [3.05, 3.63) is 41.8 Å². The molecule has 0 amide bonds. The lowest BCUT2D eigenvalue weighted by Gasteiger charge is -2.28. The lowest BCUT2D eigenvalue weighted by Crippen LogP contribution is -2.40. The standard InChI is InChI=1S/C16H22FN3O2S/c1-11(12(2)23(4,21)22)20(3)10-14-9-18-19-16(14)13-5-7-15(17)8-6-13/h5-9,11-12H,10H2,1-4H3,(H,18,19). The van der Waals surface area contributed by atoms with Crippen molar-refractivity contribution in [3.8, 4) is 11.3 Å². The van der Waals surface area contributed by atoms with Crippen molar-refractivity contribution in [2.75, 3.05) is 13.3 Å². The van der Waals surface area contributed by atoms with Gasteiger partial charge in [-0.2, -0.15) is 5.10 Å². The van der Waals surface area contributed by atoms with Crippen molar-refractivity contribution in [1.29, 1.82) is 0 Å². The van der Waals surface area contributed by atoms with E-state index in [9.17, 15) is 12.8 Å². The lowest BCUT2D eigenvalue weighted by molar-refractivity contribution is 0.245. The predicted molar refractivity (Wildman–Crippen MR) is 89.2 cm³/mol. The minimum atomic E-state index is -3.10. The largest absolute Gasteiger partial charge is 0.298 e. The Morgan fingerprint density at radius 2 is 1.87 bits per heavy atom. The molecular weight excluding hydrogens is 317 g/mol. The Morgan fingerprint density at radius 3 is 2.43 bits per heavy atom. The van der Waals surface area contributed by atoms with Crippen LogP contribution in [0.2, 0.25) is 0 Å². The van der Waals surface area contributed by atoms with Crippen LogP contribution in [-0.2, 0) is 16.4 Å². The van der Waals surface area contributed by atoms with Crippen molar-refractivity contribution < 1.29 is 12.8 Å². The monoisotopic (exact) mass is 339 g/mol. The van der Waals surface area contributed by atoms with Gasteiger partial charge in [0.2, 0.25) is 0 Å². The molecule has 2 aromatic rings. The van der Waals surface area contributed by atoms with E-state index in [1.165, 1.54) is 18.4 Å². The van der Waals surface area contributed by atoms with Gasteiger partial charge in [-0.3, -0.25) is 10.00 Å². The van der Waals surface area contributed by atoms with E-state index in [-0.39, 0.29) is 11.9 Å². The second kappa shape index (κ2) is 6.80. The van der Waals surface area contributed by atoms with Crippen LogP contribution < -0.4 is 0 Å². The number of hydrogen-bond donors (Lipinski definition) is 1. The molecule has 0 aliphatic rings. The Hall–Kier alpha value is -1.73. The minimum Gasteiger partial charge on any atom is -0.298 e. The maximum Gasteiger partial charge on any atom is 0.151 e. The summed E-state index contributed by atoms with van der Waals surface area (Å²) in [6, 6.07) is 6.04. The maximum atomic E-state index is 13.1. The Bertz CT molecular complexity index is 756. The normalized spacial score (nSPS) is 14.9. The van der Waals surface area contributed by atoms with E-state index in [0.29, 0.717) is 6.54 Å². The summed E-state index contributed by atoms with van der Waals surface area (Å²) in [6.07, 6.45) is 2.97. The first-order chi connectivity index (χ1) is 10.7. The summed E-state index contributed by atoms with van der Waals surface area (Å²) in [6.45, 7) is 4.15. The number of rotatable bonds is 6. The van der Waals surface area contributed by atoms with E-state index in [0.717, 1.165) is 16.8 Å². The second-order valence-electron chi connectivity index (χ2n) is 5.97. The molecule has 0 fully saturated rings. The molecule has 0 aliphatic carbocycles. The smallest absolute Gasteiger partial charge is 0.151 e. The fourth-order valence-corrected chi connectivity index (χ4v) is 3.35. The molecule has 0 saturated carbocycles. The molecule has 0 bridgehead atoms. The van der Waals surface area contributed by atoms with Gasteiger partial charge in [-0.1, -0.05) is 0 Å². The molecule has 1 heterocycles. The van der Waals surface area contributed by atoms with Crippen molar-refractivity contribution >= 4 is 9.84 Å². The predicted octanol–water partition coefficient (Wildman–Crippen LogP) is 2.47. The van der Waals surface area contributed by atoms with Gasteiger partial charge in [-0.25, -0.2) is 12.8 Å². The van der Waals surface area contributed by atoms with Crippen LogP contribution in [-0.4, -0.2) is 48.1 Å². The fourth-order valence-electron chi connectivity index (χ4n) is 2.43. The van der Waals surface area contributed by atoms with E-state index >= 15 is 0 Å². The van der Waals surface area contributed by atoms with Gasteiger partial charge >= 0.3 is 0 Å². The van der Waals surface area contributed by atoms with Crippen molar-refractivity contribution in [1.82, 2.24) is 15.1 Å². The Kier molecular flexibility index (Phi) is 5.21. The zero-order chi connectivity index (χ0) is 17.2. The topological polar surface area (TPSA) is 66.1 Å². The summed E-state index contributed by atoms with van der Waals surface area (Å²) >= 11 is 0. The van der Waals surface area contributed by atoms with Gasteiger partial charge in [0.05, 0.1) is 17.1 Å². The van der Waals surface area contributed by atoms with Gasteiger partial charge in [0.25, 0.3) is 0 Å². The highest BCUT2D eigenvalue weighted by atomic mass is 32.2. The Morgan fingerprint density at radius 1 is 1.26 bits per heavy atom. The van der Waals surface area contributed by atoms with Crippen molar-refractivity contribution in [2.24, 2.45) is 0 Å². The van der Waals surface area contributed by atoms with Crippen LogP contribution in [0.5, 0.6) is 0 Å². The number of halogens is 1. The molecule has 2 unspecified atom stereocenters. The molecule has 1 N–H and O–H groups in total. The van der Waals surface area contributed by atoms with Gasteiger partial charge in [0, 0.05) is 30.0 Å².